The molecule has 0 aromatic carbocycles. The summed E-state index contributed by atoms with van der Waals surface area (Å²) >= 11 is 0. The molecule has 0 aromatic heterocycles. The Morgan fingerprint density at radius 2 is 1.78 bits per heavy atom. The number of aliphatic hydroxyl groups is 1. The van der Waals surface area contributed by atoms with Crippen LogP contribution in [-0.2, 0) is 19.1 Å². The predicted octanol–water partition coefficient (Wildman–Crippen LogP) is 6.62. The second-order valence-electron chi connectivity index (χ2n) is 13.8. The van der Waals surface area contributed by atoms with Gasteiger partial charge in [-0.3, -0.25) is 9.59 Å². The van der Waals surface area contributed by atoms with Gasteiger partial charge in [-0.25, -0.2) is 0 Å². The maximum absolute atomic E-state index is 12.2. The molecular weight excluding hydrogens is 452 g/mol. The molecule has 4 aliphatic carbocycles. The van der Waals surface area contributed by atoms with Gasteiger partial charge in [0.25, 0.3) is 0 Å². The maximum Gasteiger partial charge on any atom is 0.302 e. The third-order valence-corrected chi connectivity index (χ3v) is 10.8. The van der Waals surface area contributed by atoms with Crippen LogP contribution in [0.3, 0.4) is 0 Å². The quantitative estimate of drug-likeness (QED) is 0.313. The third kappa shape index (κ3) is 5.02. The van der Waals surface area contributed by atoms with Crippen molar-refractivity contribution in [2.24, 2.45) is 40.4 Å². The number of esters is 2. The lowest BCUT2D eigenvalue weighted by Gasteiger charge is -2.59. The van der Waals surface area contributed by atoms with E-state index in [-0.39, 0.29) is 46.8 Å². The highest BCUT2D eigenvalue weighted by molar-refractivity contribution is 5.66. The molecule has 3 saturated carbocycles. The van der Waals surface area contributed by atoms with Crippen LogP contribution in [0.25, 0.3) is 0 Å². The van der Waals surface area contributed by atoms with E-state index in [0.29, 0.717) is 17.8 Å². The van der Waals surface area contributed by atoms with E-state index in [1.165, 1.54) is 13.8 Å². The topological polar surface area (TPSA) is 72.8 Å². The SMILES string of the molecule is CC(=O)OC1CC[C@]2(C)C3=CC[C@@]4(C)[C@@H](CC[C@@H]4[C@@](C)(O)CCCC(C)C)[C@@H]3CC(OC(C)=O)C2C1. The fourth-order valence-electron chi connectivity index (χ4n) is 9.26. The van der Waals surface area contributed by atoms with E-state index in [0.717, 1.165) is 64.2 Å². The molecule has 0 amide bonds. The Hall–Kier alpha value is -1.36. The first-order valence-electron chi connectivity index (χ1n) is 14.5. The summed E-state index contributed by atoms with van der Waals surface area (Å²) in [6.45, 7) is 14.4. The van der Waals surface area contributed by atoms with Crippen LogP contribution in [-0.4, -0.2) is 34.9 Å². The van der Waals surface area contributed by atoms with E-state index in [4.69, 9.17) is 9.47 Å². The second-order valence-corrected chi connectivity index (χ2v) is 13.8. The molecule has 0 bridgehead atoms. The summed E-state index contributed by atoms with van der Waals surface area (Å²) in [5, 5.41) is 11.7. The van der Waals surface area contributed by atoms with E-state index in [1.807, 2.05) is 0 Å². The maximum atomic E-state index is 12.2. The van der Waals surface area contributed by atoms with Crippen LogP contribution in [0.1, 0.15) is 113 Å². The van der Waals surface area contributed by atoms with Crippen LogP contribution in [0.15, 0.2) is 11.6 Å². The Morgan fingerprint density at radius 1 is 1.08 bits per heavy atom. The predicted molar refractivity (Wildman–Crippen MR) is 141 cm³/mol. The first kappa shape index (κ1) is 27.7. The fraction of sp³-hybridized carbons (Fsp3) is 0.871. The van der Waals surface area contributed by atoms with E-state index < -0.39 is 5.60 Å². The van der Waals surface area contributed by atoms with Gasteiger partial charge in [0.05, 0.1) is 5.60 Å². The molecule has 204 valence electrons. The van der Waals surface area contributed by atoms with Crippen LogP contribution >= 0.6 is 0 Å². The van der Waals surface area contributed by atoms with Crippen LogP contribution in [0, 0.1) is 40.4 Å². The van der Waals surface area contributed by atoms with Crippen molar-refractivity contribution in [3.63, 3.8) is 0 Å². The number of fused-ring (bicyclic) bond motifs is 5. The molecule has 3 unspecified atom stereocenters. The van der Waals surface area contributed by atoms with Gasteiger partial charge in [-0.05, 0) is 92.8 Å². The Morgan fingerprint density at radius 3 is 2.42 bits per heavy atom. The number of allylic oxidation sites excluding steroid dienone is 2. The lowest BCUT2D eigenvalue weighted by Crippen LogP contribution is -2.55. The first-order valence-corrected chi connectivity index (χ1v) is 14.5. The first-order chi connectivity index (χ1) is 16.8. The Labute approximate surface area is 218 Å². The smallest absolute Gasteiger partial charge is 0.302 e. The summed E-state index contributed by atoms with van der Waals surface area (Å²) in [6.07, 6.45) is 12.0. The molecule has 4 rings (SSSR count). The molecule has 0 radical (unpaired) electrons. The summed E-state index contributed by atoms with van der Waals surface area (Å²) in [5.74, 6) is 1.56. The number of ether oxygens (including phenoxy) is 2. The van der Waals surface area contributed by atoms with Crippen LogP contribution in [0.5, 0.6) is 0 Å². The zero-order chi connectivity index (χ0) is 26.5. The summed E-state index contributed by atoms with van der Waals surface area (Å²) in [5.41, 5.74) is 0.926. The van der Waals surface area contributed by atoms with Crippen molar-refractivity contribution in [2.45, 2.75) is 130 Å². The number of rotatable bonds is 7. The second kappa shape index (κ2) is 10.1. The van der Waals surface area contributed by atoms with Crippen molar-refractivity contribution in [3.8, 4) is 0 Å². The number of carbonyl (C=O) groups excluding carboxylic acids is 2. The van der Waals surface area contributed by atoms with Crippen LogP contribution in [0.2, 0.25) is 0 Å². The molecule has 36 heavy (non-hydrogen) atoms. The van der Waals surface area contributed by atoms with Crippen molar-refractivity contribution in [2.75, 3.05) is 0 Å². The zero-order valence-corrected chi connectivity index (χ0v) is 23.8. The lowest BCUT2D eigenvalue weighted by atomic mass is 9.47. The Balaban J connectivity index is 1.61. The van der Waals surface area contributed by atoms with E-state index in [2.05, 4.69) is 40.7 Å². The molecule has 3 fully saturated rings. The third-order valence-electron chi connectivity index (χ3n) is 10.8. The van der Waals surface area contributed by atoms with Gasteiger partial charge in [0.2, 0.25) is 0 Å². The van der Waals surface area contributed by atoms with Crippen molar-refractivity contribution < 1.29 is 24.2 Å². The highest BCUT2D eigenvalue weighted by Crippen LogP contribution is 2.67. The van der Waals surface area contributed by atoms with Gasteiger partial charge in [-0.15, -0.1) is 0 Å². The number of carbonyl (C=O) groups is 2. The van der Waals surface area contributed by atoms with E-state index >= 15 is 0 Å². The summed E-state index contributed by atoms with van der Waals surface area (Å²) in [7, 11) is 0. The summed E-state index contributed by atoms with van der Waals surface area (Å²) in [6, 6.07) is 0. The van der Waals surface area contributed by atoms with Gasteiger partial charge in [-0.1, -0.05) is 52.2 Å². The zero-order valence-electron chi connectivity index (χ0n) is 23.8. The average molecular weight is 503 g/mol. The lowest BCUT2D eigenvalue weighted by molar-refractivity contribution is -0.168. The van der Waals surface area contributed by atoms with Gasteiger partial charge in [0.1, 0.15) is 12.2 Å². The van der Waals surface area contributed by atoms with Crippen molar-refractivity contribution in [1.29, 1.82) is 0 Å². The van der Waals surface area contributed by atoms with E-state index in [9.17, 15) is 14.7 Å². The molecule has 0 aliphatic heterocycles. The molecule has 0 heterocycles. The van der Waals surface area contributed by atoms with Crippen LogP contribution < -0.4 is 0 Å². The van der Waals surface area contributed by atoms with Gasteiger partial charge >= 0.3 is 11.9 Å². The molecule has 9 atom stereocenters. The highest BCUT2D eigenvalue weighted by Gasteiger charge is 2.62. The molecule has 1 N–H and O–H groups in total. The molecule has 5 nitrogen and oxygen atoms in total. The monoisotopic (exact) mass is 502 g/mol. The van der Waals surface area contributed by atoms with Gasteiger partial charge < -0.3 is 14.6 Å². The molecule has 0 aromatic rings. The highest BCUT2D eigenvalue weighted by atomic mass is 16.5. The normalized spacial score (nSPS) is 41.4. The molecule has 0 saturated heterocycles. The van der Waals surface area contributed by atoms with Crippen LogP contribution in [0.4, 0.5) is 0 Å². The minimum Gasteiger partial charge on any atom is -0.463 e. The molecular formula is C31H50O5. The number of hydrogen-bond donors (Lipinski definition) is 1. The van der Waals surface area contributed by atoms with Gasteiger partial charge in [0.15, 0.2) is 0 Å². The van der Waals surface area contributed by atoms with Crippen molar-refractivity contribution >= 4 is 11.9 Å². The molecule has 0 spiro atoms. The number of hydrogen-bond acceptors (Lipinski definition) is 5. The van der Waals surface area contributed by atoms with E-state index in [1.54, 1.807) is 5.57 Å². The van der Waals surface area contributed by atoms with Gasteiger partial charge in [-0.2, -0.15) is 0 Å². The van der Waals surface area contributed by atoms with Gasteiger partial charge in [0, 0.05) is 19.8 Å². The fourth-order valence-corrected chi connectivity index (χ4v) is 9.26. The Bertz CT molecular complexity index is 874. The summed E-state index contributed by atoms with van der Waals surface area (Å²) in [4.78, 5) is 23.8. The minimum absolute atomic E-state index is 0.0428. The summed E-state index contributed by atoms with van der Waals surface area (Å²) < 4.78 is 11.7. The molecule has 4 aliphatic rings. The Kier molecular flexibility index (Phi) is 7.74. The average Bonchev–Trinajstić information content (AvgIpc) is 3.12. The minimum atomic E-state index is -0.651. The largest absolute Gasteiger partial charge is 0.463 e. The standard InChI is InChI=1S/C31H50O5/c1-19(2)9-8-14-31(7,34)28-11-10-24-23-18-27(36-21(4)33)26-17-22(35-20(3)32)12-15-29(26,5)25(23)13-16-30(24,28)6/h13,19,22-24,26-28,34H,8-12,14-18H2,1-7H3/t22?,23-,24-,26?,27?,28-,29+,30-,31-/m0/s1. The van der Waals surface area contributed by atoms with Crippen molar-refractivity contribution in [1.82, 2.24) is 0 Å². The van der Waals surface area contributed by atoms with Crippen molar-refractivity contribution in [3.05, 3.63) is 11.6 Å². The molecule has 5 heteroatoms.